The summed E-state index contributed by atoms with van der Waals surface area (Å²) in [5, 5.41) is 3.11. The van der Waals surface area contributed by atoms with Gasteiger partial charge in [0, 0.05) is 24.6 Å². The molecule has 0 saturated heterocycles. The third kappa shape index (κ3) is 4.82. The Balaban J connectivity index is 1.72. The molecule has 0 saturated carbocycles. The quantitative estimate of drug-likeness (QED) is 0.709. The monoisotopic (exact) mass is 362 g/mol. The summed E-state index contributed by atoms with van der Waals surface area (Å²) in [6.45, 7) is 3.96. The molecule has 1 amide bonds. The van der Waals surface area contributed by atoms with Crippen LogP contribution >= 0.6 is 0 Å². The number of nitrogens with one attached hydrogen (secondary N) is 1. The number of amides is 1. The Morgan fingerprint density at radius 1 is 1.04 bits per heavy atom. The van der Waals surface area contributed by atoms with Gasteiger partial charge in [0.15, 0.2) is 0 Å². The molecule has 3 aromatic rings. The molecule has 1 N–H and O–H groups in total. The van der Waals surface area contributed by atoms with Crippen molar-refractivity contribution in [3.63, 3.8) is 0 Å². The highest BCUT2D eigenvalue weighted by Crippen LogP contribution is 2.20. The van der Waals surface area contributed by atoms with Crippen molar-refractivity contribution in [2.75, 3.05) is 17.3 Å². The minimum Gasteiger partial charge on any atom is -0.491 e. The first-order chi connectivity index (χ1) is 13.0. The van der Waals surface area contributed by atoms with E-state index in [0.717, 1.165) is 17.1 Å². The fourth-order valence-electron chi connectivity index (χ4n) is 2.50. The number of nitrogens with zero attached hydrogens (tertiary/aromatic N) is 3. The normalized spacial score (nSPS) is 10.5. The van der Waals surface area contributed by atoms with Gasteiger partial charge in [-0.1, -0.05) is 18.2 Å². The minimum atomic E-state index is -0.202. The number of carbonyl (C=O) groups excluding carboxylic acids is 1. The number of anilines is 3. The smallest absolute Gasteiger partial charge is 0.276 e. The highest BCUT2D eigenvalue weighted by molar-refractivity contribution is 6.04. The third-order valence-electron chi connectivity index (χ3n) is 3.81. The van der Waals surface area contributed by atoms with Crippen LogP contribution in [0.25, 0.3) is 0 Å². The van der Waals surface area contributed by atoms with Crippen LogP contribution in [0.5, 0.6) is 5.75 Å². The van der Waals surface area contributed by atoms with Crippen LogP contribution in [0.3, 0.4) is 0 Å². The van der Waals surface area contributed by atoms with E-state index in [2.05, 4.69) is 15.3 Å². The molecule has 3 rings (SSSR count). The fraction of sp³-hybridized carbons (Fsp3) is 0.190. The van der Waals surface area contributed by atoms with Crippen LogP contribution in [-0.4, -0.2) is 29.0 Å². The number of rotatable bonds is 6. The van der Waals surface area contributed by atoms with Crippen LogP contribution in [0, 0.1) is 0 Å². The first-order valence-electron chi connectivity index (χ1n) is 8.73. The summed E-state index contributed by atoms with van der Waals surface area (Å²) in [4.78, 5) is 22.8. The summed E-state index contributed by atoms with van der Waals surface area (Å²) >= 11 is 0. The van der Waals surface area contributed by atoms with Crippen molar-refractivity contribution in [3.8, 4) is 5.75 Å². The lowest BCUT2D eigenvalue weighted by Crippen LogP contribution is -2.27. The molecule has 0 aliphatic rings. The van der Waals surface area contributed by atoms with E-state index in [1.807, 2.05) is 68.4 Å². The highest BCUT2D eigenvalue weighted by Gasteiger charge is 2.15. The molecule has 0 unspecified atom stereocenters. The molecule has 0 fully saturated rings. The van der Waals surface area contributed by atoms with Crippen molar-refractivity contribution < 1.29 is 9.53 Å². The Bertz CT molecular complexity index is 896. The van der Waals surface area contributed by atoms with Crippen LogP contribution in [0.4, 0.5) is 17.3 Å². The Labute approximate surface area is 158 Å². The largest absolute Gasteiger partial charge is 0.491 e. The van der Waals surface area contributed by atoms with Crippen LogP contribution in [-0.2, 0) is 0 Å². The van der Waals surface area contributed by atoms with Gasteiger partial charge >= 0.3 is 0 Å². The van der Waals surface area contributed by atoms with E-state index in [1.165, 1.54) is 0 Å². The van der Waals surface area contributed by atoms with E-state index >= 15 is 0 Å². The number of ether oxygens (including phenoxy) is 1. The summed E-state index contributed by atoms with van der Waals surface area (Å²) < 4.78 is 5.63. The van der Waals surface area contributed by atoms with Crippen LogP contribution in [0.1, 0.15) is 24.3 Å². The van der Waals surface area contributed by atoms with E-state index in [9.17, 15) is 4.79 Å². The second-order valence-corrected chi connectivity index (χ2v) is 6.28. The predicted octanol–water partition coefficient (Wildman–Crippen LogP) is 4.28. The first-order valence-corrected chi connectivity index (χ1v) is 8.73. The molecule has 0 radical (unpaired) electrons. The van der Waals surface area contributed by atoms with Crippen molar-refractivity contribution in [2.24, 2.45) is 0 Å². The number of hydrogen-bond acceptors (Lipinski definition) is 5. The summed E-state index contributed by atoms with van der Waals surface area (Å²) in [6, 6.07) is 18.5. The van der Waals surface area contributed by atoms with Gasteiger partial charge in [-0.25, -0.2) is 9.97 Å². The maximum atomic E-state index is 12.7. The lowest BCUT2D eigenvalue weighted by atomic mass is 10.2. The predicted molar refractivity (Wildman–Crippen MR) is 107 cm³/mol. The van der Waals surface area contributed by atoms with Gasteiger partial charge in [0.1, 0.15) is 11.4 Å². The van der Waals surface area contributed by atoms with E-state index in [1.54, 1.807) is 24.2 Å². The second kappa shape index (κ2) is 8.31. The molecule has 6 nitrogen and oxygen atoms in total. The van der Waals surface area contributed by atoms with Gasteiger partial charge in [-0.2, -0.15) is 0 Å². The highest BCUT2D eigenvalue weighted by atomic mass is 16.5. The summed E-state index contributed by atoms with van der Waals surface area (Å²) in [6.07, 6.45) is 1.69. The van der Waals surface area contributed by atoms with Crippen LogP contribution in [0.2, 0.25) is 0 Å². The van der Waals surface area contributed by atoms with Gasteiger partial charge in [-0.15, -0.1) is 0 Å². The molecule has 2 aromatic carbocycles. The molecule has 0 spiro atoms. The van der Waals surface area contributed by atoms with Crippen LogP contribution < -0.4 is 15.0 Å². The average molecular weight is 362 g/mol. The van der Waals surface area contributed by atoms with Crippen molar-refractivity contribution in [2.45, 2.75) is 20.0 Å². The van der Waals surface area contributed by atoms with Crippen LogP contribution in [0.15, 0.2) is 66.9 Å². The third-order valence-corrected chi connectivity index (χ3v) is 3.81. The molecule has 1 heterocycles. The summed E-state index contributed by atoms with van der Waals surface area (Å²) in [5.41, 5.74) is 1.93. The number of carbonyl (C=O) groups is 1. The van der Waals surface area contributed by atoms with Gasteiger partial charge in [0.25, 0.3) is 5.91 Å². The molecule has 0 atom stereocenters. The number of hydrogen-bond donors (Lipinski definition) is 1. The molecule has 0 bridgehead atoms. The van der Waals surface area contributed by atoms with Crippen molar-refractivity contribution in [1.82, 2.24) is 9.97 Å². The minimum absolute atomic E-state index is 0.122. The summed E-state index contributed by atoms with van der Waals surface area (Å²) in [5.74, 6) is 0.956. The standard InChI is InChI=1S/C21H22N4O2/c1-15(2)27-18-11-9-16(10-12-18)23-21-22-14-13-19(24-21)20(26)25(3)17-7-5-4-6-8-17/h4-15H,1-3H3,(H,22,23,24). The molecule has 1 aromatic heterocycles. The Morgan fingerprint density at radius 2 is 1.74 bits per heavy atom. The molecule has 27 heavy (non-hydrogen) atoms. The SMILES string of the molecule is CC(C)Oc1ccc(Nc2nccc(C(=O)N(C)c3ccccc3)n2)cc1. The van der Waals surface area contributed by atoms with E-state index in [4.69, 9.17) is 4.74 Å². The lowest BCUT2D eigenvalue weighted by Gasteiger charge is -2.17. The number of benzene rings is 2. The number of para-hydroxylation sites is 1. The van der Waals surface area contributed by atoms with Gasteiger partial charge in [0.2, 0.25) is 5.95 Å². The summed E-state index contributed by atoms with van der Waals surface area (Å²) in [7, 11) is 1.72. The first kappa shape index (κ1) is 18.4. The van der Waals surface area contributed by atoms with Gasteiger partial charge in [-0.3, -0.25) is 4.79 Å². The zero-order valence-corrected chi connectivity index (χ0v) is 15.6. The lowest BCUT2D eigenvalue weighted by molar-refractivity contribution is 0.0988. The van der Waals surface area contributed by atoms with Crippen molar-refractivity contribution in [1.29, 1.82) is 0 Å². The average Bonchev–Trinajstić information content (AvgIpc) is 2.69. The van der Waals surface area contributed by atoms with Crippen molar-refractivity contribution in [3.05, 3.63) is 72.6 Å². The zero-order valence-electron chi connectivity index (χ0n) is 15.6. The van der Waals surface area contributed by atoms with Gasteiger partial charge in [0.05, 0.1) is 6.10 Å². The molecule has 0 aliphatic carbocycles. The van der Waals surface area contributed by atoms with E-state index < -0.39 is 0 Å². The maximum Gasteiger partial charge on any atom is 0.276 e. The fourth-order valence-corrected chi connectivity index (χ4v) is 2.50. The molecule has 138 valence electrons. The molecule has 6 heteroatoms. The topological polar surface area (TPSA) is 67.3 Å². The van der Waals surface area contributed by atoms with Gasteiger partial charge in [-0.05, 0) is 56.3 Å². The Hall–Kier alpha value is -3.41. The molecular formula is C21H22N4O2. The van der Waals surface area contributed by atoms with Crippen molar-refractivity contribution >= 4 is 23.2 Å². The molecule has 0 aliphatic heterocycles. The maximum absolute atomic E-state index is 12.7. The van der Waals surface area contributed by atoms with E-state index in [0.29, 0.717) is 11.6 Å². The zero-order chi connectivity index (χ0) is 19.2. The van der Waals surface area contributed by atoms with Gasteiger partial charge < -0.3 is 15.0 Å². The number of aromatic nitrogens is 2. The van der Waals surface area contributed by atoms with E-state index in [-0.39, 0.29) is 12.0 Å². The Morgan fingerprint density at radius 3 is 2.41 bits per heavy atom. The molecular weight excluding hydrogens is 340 g/mol. The second-order valence-electron chi connectivity index (χ2n) is 6.28. The Kier molecular flexibility index (Phi) is 5.66.